The molecule has 26 heavy (non-hydrogen) atoms. The van der Waals surface area contributed by atoms with Gasteiger partial charge < -0.3 is 14.6 Å². The predicted octanol–water partition coefficient (Wildman–Crippen LogP) is 0.813. The van der Waals surface area contributed by atoms with Gasteiger partial charge in [-0.15, -0.1) is 10.2 Å². The molecule has 4 heterocycles. The Labute approximate surface area is 152 Å². The number of morpholine rings is 1. The number of pyridine rings is 1. The molecule has 0 saturated carbocycles. The zero-order valence-corrected chi connectivity index (χ0v) is 14.8. The van der Waals surface area contributed by atoms with Crippen molar-refractivity contribution in [1.82, 2.24) is 30.0 Å². The summed E-state index contributed by atoms with van der Waals surface area (Å²) in [5, 5.41) is 11.3. The molecular formula is C18H24N6O2. The van der Waals surface area contributed by atoms with E-state index in [4.69, 9.17) is 4.74 Å². The van der Waals surface area contributed by atoms with Gasteiger partial charge in [0.15, 0.2) is 0 Å². The van der Waals surface area contributed by atoms with Crippen LogP contribution in [0.4, 0.5) is 0 Å². The van der Waals surface area contributed by atoms with Crippen molar-refractivity contribution in [1.29, 1.82) is 0 Å². The first kappa shape index (κ1) is 17.1. The van der Waals surface area contributed by atoms with E-state index in [9.17, 15) is 4.79 Å². The third kappa shape index (κ3) is 3.61. The van der Waals surface area contributed by atoms with Crippen LogP contribution in [-0.4, -0.2) is 63.4 Å². The molecule has 0 radical (unpaired) electrons. The van der Waals surface area contributed by atoms with Gasteiger partial charge in [0.1, 0.15) is 5.82 Å². The molecule has 0 aliphatic carbocycles. The van der Waals surface area contributed by atoms with Gasteiger partial charge in [-0.1, -0.05) is 6.07 Å². The van der Waals surface area contributed by atoms with E-state index in [0.29, 0.717) is 25.6 Å². The molecule has 1 fully saturated rings. The number of carbonyl (C=O) groups excluding carboxylic acids is 1. The quantitative estimate of drug-likeness (QED) is 0.853. The Morgan fingerprint density at radius 1 is 1.19 bits per heavy atom. The van der Waals surface area contributed by atoms with Gasteiger partial charge in [0, 0.05) is 38.8 Å². The van der Waals surface area contributed by atoms with Gasteiger partial charge in [0.2, 0.25) is 5.82 Å². The minimum absolute atomic E-state index is 0.0211. The lowest BCUT2D eigenvalue weighted by Gasteiger charge is -2.34. The third-order valence-corrected chi connectivity index (χ3v) is 5.03. The van der Waals surface area contributed by atoms with Crippen LogP contribution in [0.25, 0.3) is 0 Å². The lowest BCUT2D eigenvalue weighted by atomic mass is 10.1. The summed E-state index contributed by atoms with van der Waals surface area (Å²) in [5.41, 5.74) is 0.956. The van der Waals surface area contributed by atoms with Crippen molar-refractivity contribution in [2.45, 2.75) is 31.8 Å². The lowest BCUT2D eigenvalue weighted by Crippen LogP contribution is -2.44. The van der Waals surface area contributed by atoms with Crippen molar-refractivity contribution in [2.75, 3.05) is 32.8 Å². The van der Waals surface area contributed by atoms with Crippen LogP contribution in [-0.2, 0) is 17.7 Å². The Balaban J connectivity index is 1.47. The molecule has 0 bridgehead atoms. The summed E-state index contributed by atoms with van der Waals surface area (Å²) in [6, 6.07) is 5.91. The molecule has 2 aromatic heterocycles. The number of nitrogens with zero attached hydrogens (tertiary/aromatic N) is 5. The number of nitrogens with one attached hydrogen (secondary N) is 1. The fraction of sp³-hybridized carbons (Fsp3) is 0.556. The first-order valence-corrected chi connectivity index (χ1v) is 9.26. The molecule has 138 valence electrons. The van der Waals surface area contributed by atoms with Gasteiger partial charge in [-0.2, -0.15) is 0 Å². The predicted molar refractivity (Wildman–Crippen MR) is 94.7 cm³/mol. The van der Waals surface area contributed by atoms with E-state index in [1.807, 2.05) is 22.8 Å². The molecule has 2 aliphatic heterocycles. The van der Waals surface area contributed by atoms with Crippen molar-refractivity contribution >= 4 is 5.91 Å². The third-order valence-electron chi connectivity index (χ3n) is 5.03. The molecular weight excluding hydrogens is 332 g/mol. The van der Waals surface area contributed by atoms with Gasteiger partial charge in [-0.05, 0) is 25.0 Å². The first-order chi connectivity index (χ1) is 12.8. The molecule has 0 aromatic carbocycles. The standard InChI is InChI=1S/C18H24N6O2/c25-18(17-22-21-16-6-2-4-8-24(16)17)20-13-15(14-5-1-3-7-19-14)23-9-11-26-12-10-23/h1,3,5,7,15H,2,4,6,8-13H2,(H,20,25). The molecule has 2 aromatic rings. The molecule has 1 unspecified atom stereocenters. The van der Waals surface area contributed by atoms with Crippen LogP contribution in [0.1, 0.15) is 41.0 Å². The summed E-state index contributed by atoms with van der Waals surface area (Å²) in [6.07, 6.45) is 4.86. The van der Waals surface area contributed by atoms with Crippen molar-refractivity contribution in [2.24, 2.45) is 0 Å². The molecule has 1 N–H and O–H groups in total. The minimum atomic E-state index is -0.167. The molecule has 0 spiro atoms. The highest BCUT2D eigenvalue weighted by molar-refractivity contribution is 5.90. The fourth-order valence-corrected chi connectivity index (χ4v) is 3.63. The Hall–Kier alpha value is -2.32. The molecule has 2 aliphatic rings. The number of aromatic nitrogens is 4. The molecule has 1 amide bonds. The first-order valence-electron chi connectivity index (χ1n) is 9.26. The van der Waals surface area contributed by atoms with Gasteiger partial charge >= 0.3 is 0 Å². The number of amides is 1. The zero-order valence-electron chi connectivity index (χ0n) is 14.8. The SMILES string of the molecule is O=C(NCC(c1ccccn1)N1CCOCC1)c1nnc2n1CCCC2. The van der Waals surface area contributed by atoms with E-state index in [1.54, 1.807) is 6.20 Å². The minimum Gasteiger partial charge on any atom is -0.379 e. The van der Waals surface area contributed by atoms with Crippen LogP contribution < -0.4 is 5.32 Å². The average molecular weight is 356 g/mol. The highest BCUT2D eigenvalue weighted by Gasteiger charge is 2.26. The maximum absolute atomic E-state index is 12.7. The van der Waals surface area contributed by atoms with Crippen molar-refractivity contribution in [3.05, 3.63) is 41.7 Å². The summed E-state index contributed by atoms with van der Waals surface area (Å²) < 4.78 is 7.41. The number of hydrogen-bond acceptors (Lipinski definition) is 6. The smallest absolute Gasteiger partial charge is 0.289 e. The second-order valence-electron chi connectivity index (χ2n) is 6.68. The van der Waals surface area contributed by atoms with Gasteiger partial charge in [-0.25, -0.2) is 0 Å². The number of carbonyl (C=O) groups is 1. The summed E-state index contributed by atoms with van der Waals surface area (Å²) >= 11 is 0. The monoisotopic (exact) mass is 356 g/mol. The average Bonchev–Trinajstić information content (AvgIpc) is 3.14. The summed E-state index contributed by atoms with van der Waals surface area (Å²) in [7, 11) is 0. The molecule has 8 heteroatoms. The molecule has 1 saturated heterocycles. The van der Waals surface area contributed by atoms with E-state index in [2.05, 4.69) is 25.4 Å². The van der Waals surface area contributed by atoms with Crippen LogP contribution in [0.3, 0.4) is 0 Å². The van der Waals surface area contributed by atoms with E-state index >= 15 is 0 Å². The number of hydrogen-bond donors (Lipinski definition) is 1. The van der Waals surface area contributed by atoms with E-state index < -0.39 is 0 Å². The van der Waals surface area contributed by atoms with Crippen LogP contribution in [0.5, 0.6) is 0 Å². The zero-order chi connectivity index (χ0) is 17.8. The van der Waals surface area contributed by atoms with Crippen molar-refractivity contribution < 1.29 is 9.53 Å². The number of aryl methyl sites for hydroxylation is 1. The van der Waals surface area contributed by atoms with Crippen molar-refractivity contribution in [3.8, 4) is 0 Å². The maximum atomic E-state index is 12.7. The van der Waals surface area contributed by atoms with Crippen LogP contribution in [0.15, 0.2) is 24.4 Å². The Morgan fingerprint density at radius 2 is 2.08 bits per heavy atom. The maximum Gasteiger partial charge on any atom is 0.289 e. The largest absolute Gasteiger partial charge is 0.379 e. The lowest BCUT2D eigenvalue weighted by molar-refractivity contribution is 0.0153. The van der Waals surface area contributed by atoms with Gasteiger partial charge in [0.25, 0.3) is 5.91 Å². The number of ether oxygens (including phenoxy) is 1. The summed E-state index contributed by atoms with van der Waals surface area (Å²) in [5.74, 6) is 1.16. The van der Waals surface area contributed by atoms with Crippen LogP contribution in [0, 0.1) is 0 Å². The number of rotatable bonds is 5. The molecule has 4 rings (SSSR count). The van der Waals surface area contributed by atoms with Gasteiger partial charge in [0.05, 0.1) is 24.9 Å². The highest BCUT2D eigenvalue weighted by atomic mass is 16.5. The van der Waals surface area contributed by atoms with Crippen molar-refractivity contribution in [3.63, 3.8) is 0 Å². The van der Waals surface area contributed by atoms with Crippen LogP contribution in [0.2, 0.25) is 0 Å². The Morgan fingerprint density at radius 3 is 2.88 bits per heavy atom. The van der Waals surface area contributed by atoms with E-state index in [0.717, 1.165) is 50.4 Å². The van der Waals surface area contributed by atoms with Crippen LogP contribution >= 0.6 is 0 Å². The van der Waals surface area contributed by atoms with E-state index in [-0.39, 0.29) is 11.9 Å². The van der Waals surface area contributed by atoms with E-state index in [1.165, 1.54) is 0 Å². The second kappa shape index (κ2) is 7.92. The fourth-order valence-electron chi connectivity index (χ4n) is 3.63. The topological polar surface area (TPSA) is 85.2 Å². The van der Waals surface area contributed by atoms with Gasteiger partial charge in [-0.3, -0.25) is 14.7 Å². The Kier molecular flexibility index (Phi) is 5.21. The summed E-state index contributed by atoms with van der Waals surface area (Å²) in [6.45, 7) is 4.37. The summed E-state index contributed by atoms with van der Waals surface area (Å²) in [4.78, 5) is 19.5. The molecule has 1 atom stereocenters. The second-order valence-corrected chi connectivity index (χ2v) is 6.68. The highest BCUT2D eigenvalue weighted by Crippen LogP contribution is 2.20. The number of fused-ring (bicyclic) bond motifs is 1. The Bertz CT molecular complexity index is 741. The molecule has 8 nitrogen and oxygen atoms in total. The normalized spacial score (nSPS) is 18.9.